The molecule has 0 spiro atoms. The van der Waals surface area contributed by atoms with Crippen molar-refractivity contribution in [3.05, 3.63) is 34.9 Å². The van der Waals surface area contributed by atoms with Gasteiger partial charge in [0, 0.05) is 5.41 Å². The Labute approximate surface area is 148 Å². The molecule has 24 heavy (non-hydrogen) atoms. The predicted molar refractivity (Wildman–Crippen MR) is 100 cm³/mol. The molecule has 0 bridgehead atoms. The molecule has 1 aromatic rings. The van der Waals surface area contributed by atoms with Gasteiger partial charge in [0.25, 0.3) is 0 Å². The van der Waals surface area contributed by atoms with Crippen LogP contribution in [0.3, 0.4) is 0 Å². The Morgan fingerprint density at radius 2 is 2.00 bits per heavy atom. The Balaban J connectivity index is 2.25. The normalized spacial score (nSPS) is 23.2. The number of hydrogen-bond acceptors (Lipinski definition) is 2. The monoisotopic (exact) mass is 330 g/mol. The molecule has 134 valence electrons. The molecule has 1 aliphatic carbocycles. The molecule has 2 nitrogen and oxygen atoms in total. The third-order valence-corrected chi connectivity index (χ3v) is 5.84. The molecule has 0 saturated heterocycles. The van der Waals surface area contributed by atoms with Crippen LogP contribution in [0.5, 0.6) is 0 Å². The van der Waals surface area contributed by atoms with Crippen molar-refractivity contribution in [1.82, 2.24) is 0 Å². The van der Waals surface area contributed by atoms with Gasteiger partial charge in [-0.15, -0.1) is 0 Å². The van der Waals surface area contributed by atoms with Crippen LogP contribution in [0.2, 0.25) is 0 Å². The van der Waals surface area contributed by atoms with Crippen LogP contribution >= 0.6 is 0 Å². The topological polar surface area (TPSA) is 26.3 Å². The molecular formula is C22H34O2. The van der Waals surface area contributed by atoms with Gasteiger partial charge in [0.2, 0.25) is 0 Å². The van der Waals surface area contributed by atoms with Gasteiger partial charge in [-0.3, -0.25) is 4.79 Å². The molecule has 1 aliphatic rings. The highest BCUT2D eigenvalue weighted by molar-refractivity contribution is 5.79. The highest BCUT2D eigenvalue weighted by atomic mass is 16.5. The molecular weight excluding hydrogens is 296 g/mol. The number of esters is 1. The fourth-order valence-electron chi connectivity index (χ4n) is 3.93. The molecule has 0 radical (unpaired) electrons. The van der Waals surface area contributed by atoms with E-state index in [1.165, 1.54) is 36.0 Å². The van der Waals surface area contributed by atoms with E-state index in [0.29, 0.717) is 6.61 Å². The van der Waals surface area contributed by atoms with E-state index >= 15 is 0 Å². The van der Waals surface area contributed by atoms with Crippen LogP contribution in [0.25, 0.3) is 0 Å². The first-order valence-corrected chi connectivity index (χ1v) is 9.60. The number of carbonyl (C=O) groups is 1. The first-order valence-electron chi connectivity index (χ1n) is 9.60. The van der Waals surface area contributed by atoms with E-state index in [-0.39, 0.29) is 22.7 Å². The second-order valence-electron chi connectivity index (χ2n) is 8.14. The summed E-state index contributed by atoms with van der Waals surface area (Å²) in [7, 11) is 0. The number of unbranched alkanes of at least 4 members (excludes halogenated alkanes) is 1. The lowest BCUT2D eigenvalue weighted by Crippen LogP contribution is -2.20. The second kappa shape index (κ2) is 7.29. The lowest BCUT2D eigenvalue weighted by Gasteiger charge is -2.29. The third kappa shape index (κ3) is 3.68. The van der Waals surface area contributed by atoms with Crippen molar-refractivity contribution in [1.29, 1.82) is 0 Å². The number of rotatable bonds is 8. The summed E-state index contributed by atoms with van der Waals surface area (Å²) in [5, 5.41) is 0. The van der Waals surface area contributed by atoms with Gasteiger partial charge in [0.15, 0.2) is 0 Å². The number of hydrogen-bond donors (Lipinski definition) is 0. The number of ether oxygens (including phenoxy) is 1. The quantitative estimate of drug-likeness (QED) is 0.583. The minimum atomic E-state index is -0.0394. The summed E-state index contributed by atoms with van der Waals surface area (Å²) in [6.45, 7) is 13.7. The molecule has 2 rings (SSSR count). The van der Waals surface area contributed by atoms with E-state index in [0.717, 1.165) is 12.8 Å². The van der Waals surface area contributed by atoms with Crippen molar-refractivity contribution < 1.29 is 9.53 Å². The summed E-state index contributed by atoms with van der Waals surface area (Å²) in [4.78, 5) is 12.1. The van der Waals surface area contributed by atoms with E-state index in [9.17, 15) is 4.79 Å². The van der Waals surface area contributed by atoms with Crippen molar-refractivity contribution in [2.24, 2.45) is 5.92 Å². The maximum absolute atomic E-state index is 12.1. The van der Waals surface area contributed by atoms with E-state index < -0.39 is 0 Å². The predicted octanol–water partition coefficient (Wildman–Crippen LogP) is 5.56. The molecule has 0 amide bonds. The molecule has 1 aromatic carbocycles. The van der Waals surface area contributed by atoms with Crippen molar-refractivity contribution in [3.63, 3.8) is 0 Å². The smallest absolute Gasteiger partial charge is 0.309 e. The van der Waals surface area contributed by atoms with Gasteiger partial charge in [-0.2, -0.15) is 0 Å². The van der Waals surface area contributed by atoms with Crippen molar-refractivity contribution >= 4 is 5.97 Å². The van der Waals surface area contributed by atoms with Crippen LogP contribution in [-0.2, 0) is 26.8 Å². The van der Waals surface area contributed by atoms with Crippen LogP contribution in [0.4, 0.5) is 0 Å². The zero-order valence-corrected chi connectivity index (χ0v) is 16.4. The summed E-state index contributed by atoms with van der Waals surface area (Å²) in [5.41, 5.74) is 4.38. The van der Waals surface area contributed by atoms with Crippen LogP contribution in [0, 0.1) is 5.92 Å². The van der Waals surface area contributed by atoms with Gasteiger partial charge in [-0.05, 0) is 48.3 Å². The Hall–Kier alpha value is -1.31. The molecule has 0 aromatic heterocycles. The maximum Gasteiger partial charge on any atom is 0.309 e. The summed E-state index contributed by atoms with van der Waals surface area (Å²) >= 11 is 0. The highest BCUT2D eigenvalue weighted by Crippen LogP contribution is 2.55. The van der Waals surface area contributed by atoms with Gasteiger partial charge < -0.3 is 4.74 Å². The fourth-order valence-corrected chi connectivity index (χ4v) is 3.93. The average Bonchev–Trinajstić information content (AvgIpc) is 3.26. The number of carbonyl (C=O) groups excluding carboxylic acids is 1. The molecule has 2 atom stereocenters. The Morgan fingerprint density at radius 3 is 2.58 bits per heavy atom. The molecule has 0 heterocycles. The first-order chi connectivity index (χ1) is 11.3. The van der Waals surface area contributed by atoms with Crippen molar-refractivity contribution in [3.8, 4) is 0 Å². The fraction of sp³-hybridized carbons (Fsp3) is 0.682. The molecule has 1 saturated carbocycles. The van der Waals surface area contributed by atoms with Gasteiger partial charge >= 0.3 is 5.97 Å². The highest BCUT2D eigenvalue weighted by Gasteiger charge is 2.56. The minimum Gasteiger partial charge on any atom is -0.466 e. The summed E-state index contributed by atoms with van der Waals surface area (Å²) in [5.74, 6) is -0.00786. The van der Waals surface area contributed by atoms with Crippen LogP contribution in [0.1, 0.15) is 83.9 Å². The molecule has 0 aliphatic heterocycles. The summed E-state index contributed by atoms with van der Waals surface area (Å²) in [6, 6.07) is 6.92. The molecule has 2 heteroatoms. The van der Waals surface area contributed by atoms with Gasteiger partial charge in [0.1, 0.15) is 0 Å². The van der Waals surface area contributed by atoms with Gasteiger partial charge in [0.05, 0.1) is 12.5 Å². The van der Waals surface area contributed by atoms with E-state index in [1.54, 1.807) is 0 Å². The third-order valence-electron chi connectivity index (χ3n) is 5.84. The lowest BCUT2D eigenvalue weighted by molar-refractivity contribution is -0.145. The van der Waals surface area contributed by atoms with Crippen LogP contribution in [0.15, 0.2) is 18.2 Å². The molecule has 1 fully saturated rings. The SMILES string of the molecule is CCCCC(C)(C)c1ccc([C@@]2(C)C[C@H]2C(=O)OCC)cc1CC. The van der Waals surface area contributed by atoms with Gasteiger partial charge in [-0.1, -0.05) is 65.7 Å². The zero-order valence-electron chi connectivity index (χ0n) is 16.4. The molecule has 0 N–H and O–H groups in total. The first kappa shape index (κ1) is 19.0. The Kier molecular flexibility index (Phi) is 5.78. The van der Waals surface area contributed by atoms with Crippen molar-refractivity contribution in [2.75, 3.05) is 6.61 Å². The second-order valence-corrected chi connectivity index (χ2v) is 8.14. The summed E-state index contributed by atoms with van der Waals surface area (Å²) < 4.78 is 5.22. The van der Waals surface area contributed by atoms with Crippen molar-refractivity contribution in [2.45, 2.75) is 84.5 Å². The lowest BCUT2D eigenvalue weighted by atomic mass is 9.76. The number of aryl methyl sites for hydroxylation is 1. The van der Waals surface area contributed by atoms with E-state index in [1.807, 2.05) is 6.92 Å². The van der Waals surface area contributed by atoms with Crippen LogP contribution < -0.4 is 0 Å². The van der Waals surface area contributed by atoms with E-state index in [4.69, 9.17) is 4.74 Å². The molecule has 0 unspecified atom stereocenters. The zero-order chi connectivity index (χ0) is 18.0. The standard InChI is InChI=1S/C22H34O2/c1-7-10-13-21(4,5)18-12-11-17(14-16(18)8-2)22(6)15-19(22)20(23)24-9-3/h11-12,14,19H,7-10,13,15H2,1-6H3/t19-,22+/m0/s1. The minimum absolute atomic E-state index is 0.0288. The van der Waals surface area contributed by atoms with Crippen LogP contribution in [-0.4, -0.2) is 12.6 Å². The number of benzene rings is 1. The average molecular weight is 331 g/mol. The summed E-state index contributed by atoms with van der Waals surface area (Å²) in [6.07, 6.45) is 5.67. The maximum atomic E-state index is 12.1. The Morgan fingerprint density at radius 1 is 1.29 bits per heavy atom. The van der Waals surface area contributed by atoms with Gasteiger partial charge in [-0.25, -0.2) is 0 Å². The largest absolute Gasteiger partial charge is 0.466 e. The Bertz CT molecular complexity index is 588. The van der Waals surface area contributed by atoms with E-state index in [2.05, 4.69) is 52.8 Å².